The average Bonchev–Trinajstić information content (AvgIpc) is 2.53. The Bertz CT molecular complexity index is 559. The Labute approximate surface area is 135 Å². The Morgan fingerprint density at radius 2 is 1.77 bits per heavy atom. The summed E-state index contributed by atoms with van der Waals surface area (Å²) in [5, 5.41) is 3.56. The highest BCUT2D eigenvalue weighted by molar-refractivity contribution is 7.89. The first kappa shape index (κ1) is 17.4. The highest BCUT2D eigenvalue weighted by Crippen LogP contribution is 2.17. The minimum absolute atomic E-state index is 0.202. The summed E-state index contributed by atoms with van der Waals surface area (Å²) in [6.07, 6.45) is 1.78. The maximum absolute atomic E-state index is 11.8. The van der Waals surface area contributed by atoms with Crippen molar-refractivity contribution in [2.24, 2.45) is 0 Å². The van der Waals surface area contributed by atoms with Crippen molar-refractivity contribution in [2.75, 3.05) is 18.8 Å². The average molecular weight is 324 g/mol. The summed E-state index contributed by atoms with van der Waals surface area (Å²) in [6.45, 7) is 8.24. The maximum Gasteiger partial charge on any atom is 0.213 e. The Morgan fingerprint density at radius 3 is 2.27 bits per heavy atom. The van der Waals surface area contributed by atoms with Crippen LogP contribution in [0.1, 0.15) is 50.7 Å². The second-order valence-electron chi connectivity index (χ2n) is 6.35. The zero-order chi connectivity index (χ0) is 16.2. The first-order valence-corrected chi connectivity index (χ1v) is 9.83. The fourth-order valence-electron chi connectivity index (χ4n) is 2.80. The van der Waals surface area contributed by atoms with E-state index in [4.69, 9.17) is 0 Å². The van der Waals surface area contributed by atoms with Crippen LogP contribution >= 0.6 is 0 Å². The summed E-state index contributed by atoms with van der Waals surface area (Å²) in [5.41, 5.74) is 2.65. The summed E-state index contributed by atoms with van der Waals surface area (Å²) < 4.78 is 25.3. The van der Waals surface area contributed by atoms with Crippen molar-refractivity contribution >= 4 is 10.0 Å². The molecule has 0 radical (unpaired) electrons. The van der Waals surface area contributed by atoms with Gasteiger partial charge < -0.3 is 5.32 Å². The molecule has 4 nitrogen and oxygen atoms in total. The zero-order valence-electron chi connectivity index (χ0n) is 13.9. The van der Waals surface area contributed by atoms with Crippen LogP contribution in [0.15, 0.2) is 24.3 Å². The number of rotatable bonds is 6. The molecule has 5 heteroatoms. The topological polar surface area (TPSA) is 49.4 Å². The molecule has 1 fully saturated rings. The molecule has 0 spiro atoms. The number of sulfonamides is 1. The van der Waals surface area contributed by atoms with E-state index in [1.165, 1.54) is 11.1 Å². The van der Waals surface area contributed by atoms with Crippen LogP contribution in [-0.4, -0.2) is 37.6 Å². The van der Waals surface area contributed by atoms with Crippen LogP contribution in [0.5, 0.6) is 0 Å². The minimum Gasteiger partial charge on any atom is -0.310 e. The molecule has 0 aliphatic carbocycles. The normalized spacial score (nSPS) is 18.0. The van der Waals surface area contributed by atoms with Gasteiger partial charge in [0.25, 0.3) is 0 Å². The Morgan fingerprint density at radius 1 is 1.18 bits per heavy atom. The smallest absolute Gasteiger partial charge is 0.213 e. The summed E-state index contributed by atoms with van der Waals surface area (Å²) >= 11 is 0. The van der Waals surface area contributed by atoms with Crippen LogP contribution in [0.4, 0.5) is 0 Å². The van der Waals surface area contributed by atoms with E-state index in [9.17, 15) is 8.42 Å². The molecular weight excluding hydrogens is 296 g/mol. The number of benzene rings is 1. The summed E-state index contributed by atoms with van der Waals surface area (Å²) in [7, 11) is -3.02. The largest absolute Gasteiger partial charge is 0.310 e. The molecule has 2 rings (SSSR count). The van der Waals surface area contributed by atoms with Crippen LogP contribution in [-0.2, 0) is 16.6 Å². The number of piperidine rings is 1. The second-order valence-corrected chi connectivity index (χ2v) is 8.61. The summed E-state index contributed by atoms with van der Waals surface area (Å²) in [5.74, 6) is 0.764. The van der Waals surface area contributed by atoms with E-state index in [0.29, 0.717) is 25.0 Å². The first-order valence-electron chi connectivity index (χ1n) is 8.22. The standard InChI is InChI=1S/C17H28N2O2S/c1-4-22(20,21)19-11-9-17(10-12-19)18-13-15-5-7-16(8-6-15)14(2)3/h5-8,14,17-18H,4,9-13H2,1-3H3. The van der Waals surface area contributed by atoms with E-state index < -0.39 is 10.0 Å². The van der Waals surface area contributed by atoms with Gasteiger partial charge in [-0.05, 0) is 36.8 Å². The van der Waals surface area contributed by atoms with Gasteiger partial charge in [-0.2, -0.15) is 0 Å². The fourth-order valence-corrected chi connectivity index (χ4v) is 3.94. The van der Waals surface area contributed by atoms with Crippen molar-refractivity contribution in [3.63, 3.8) is 0 Å². The summed E-state index contributed by atoms with van der Waals surface area (Å²) in [6, 6.07) is 9.15. The molecule has 1 aliphatic heterocycles. The number of hydrogen-bond donors (Lipinski definition) is 1. The van der Waals surface area contributed by atoms with Crippen molar-refractivity contribution in [2.45, 2.75) is 52.1 Å². The lowest BCUT2D eigenvalue weighted by Crippen LogP contribution is -2.45. The number of hydrogen-bond acceptors (Lipinski definition) is 3. The third-order valence-electron chi connectivity index (χ3n) is 4.45. The molecule has 1 saturated heterocycles. The van der Waals surface area contributed by atoms with E-state index >= 15 is 0 Å². The van der Waals surface area contributed by atoms with Crippen LogP contribution in [0, 0.1) is 0 Å². The van der Waals surface area contributed by atoms with Crippen molar-refractivity contribution in [1.29, 1.82) is 0 Å². The number of nitrogens with zero attached hydrogens (tertiary/aromatic N) is 1. The lowest BCUT2D eigenvalue weighted by atomic mass is 10.0. The molecule has 1 N–H and O–H groups in total. The van der Waals surface area contributed by atoms with Gasteiger partial charge in [0.15, 0.2) is 0 Å². The Kier molecular flexibility index (Phi) is 6.01. The van der Waals surface area contributed by atoms with Gasteiger partial charge in [0.05, 0.1) is 5.75 Å². The molecule has 0 amide bonds. The molecule has 0 atom stereocenters. The SMILES string of the molecule is CCS(=O)(=O)N1CCC(NCc2ccc(C(C)C)cc2)CC1. The Balaban J connectivity index is 1.79. The van der Waals surface area contributed by atoms with Crippen LogP contribution in [0.25, 0.3) is 0 Å². The van der Waals surface area contributed by atoms with Gasteiger partial charge in [-0.25, -0.2) is 12.7 Å². The highest BCUT2D eigenvalue weighted by atomic mass is 32.2. The molecule has 1 aromatic carbocycles. The second kappa shape index (κ2) is 7.57. The minimum atomic E-state index is -3.02. The third kappa shape index (κ3) is 4.54. The molecule has 22 heavy (non-hydrogen) atoms. The quantitative estimate of drug-likeness (QED) is 0.875. The Hall–Kier alpha value is -0.910. The van der Waals surface area contributed by atoms with Gasteiger partial charge >= 0.3 is 0 Å². The first-order chi connectivity index (χ1) is 10.4. The molecule has 1 aromatic rings. The van der Waals surface area contributed by atoms with Crippen molar-refractivity contribution in [3.8, 4) is 0 Å². The van der Waals surface area contributed by atoms with E-state index in [1.807, 2.05) is 0 Å². The van der Waals surface area contributed by atoms with Gasteiger partial charge in [0.1, 0.15) is 0 Å². The molecule has 0 bridgehead atoms. The van der Waals surface area contributed by atoms with Gasteiger partial charge in [-0.3, -0.25) is 0 Å². The monoisotopic (exact) mass is 324 g/mol. The molecule has 0 unspecified atom stereocenters. The van der Waals surface area contributed by atoms with Crippen LogP contribution in [0.2, 0.25) is 0 Å². The van der Waals surface area contributed by atoms with E-state index in [1.54, 1.807) is 11.2 Å². The van der Waals surface area contributed by atoms with Gasteiger partial charge in [0, 0.05) is 25.7 Å². The summed E-state index contributed by atoms with van der Waals surface area (Å²) in [4.78, 5) is 0. The number of nitrogens with one attached hydrogen (secondary N) is 1. The van der Waals surface area contributed by atoms with Crippen molar-refractivity contribution in [1.82, 2.24) is 9.62 Å². The zero-order valence-corrected chi connectivity index (χ0v) is 14.7. The van der Waals surface area contributed by atoms with E-state index in [2.05, 4.69) is 43.4 Å². The highest BCUT2D eigenvalue weighted by Gasteiger charge is 2.26. The molecule has 124 valence electrons. The maximum atomic E-state index is 11.8. The molecular formula is C17H28N2O2S. The van der Waals surface area contributed by atoms with Gasteiger partial charge in [-0.15, -0.1) is 0 Å². The van der Waals surface area contributed by atoms with Crippen molar-refractivity contribution < 1.29 is 8.42 Å². The predicted molar refractivity (Wildman–Crippen MR) is 91.4 cm³/mol. The molecule has 1 heterocycles. The molecule has 1 aliphatic rings. The molecule has 0 aromatic heterocycles. The lowest BCUT2D eigenvalue weighted by Gasteiger charge is -2.31. The van der Waals surface area contributed by atoms with Crippen molar-refractivity contribution in [3.05, 3.63) is 35.4 Å². The molecule has 0 saturated carbocycles. The van der Waals surface area contributed by atoms with Gasteiger partial charge in [-0.1, -0.05) is 38.1 Å². The van der Waals surface area contributed by atoms with Gasteiger partial charge in [0.2, 0.25) is 10.0 Å². The third-order valence-corrected chi connectivity index (χ3v) is 6.33. The lowest BCUT2D eigenvalue weighted by molar-refractivity contribution is 0.289. The van der Waals surface area contributed by atoms with Crippen LogP contribution < -0.4 is 5.32 Å². The van der Waals surface area contributed by atoms with Crippen LogP contribution in [0.3, 0.4) is 0 Å². The fraction of sp³-hybridized carbons (Fsp3) is 0.647. The predicted octanol–water partition coefficient (Wildman–Crippen LogP) is 2.71. The van der Waals surface area contributed by atoms with E-state index in [-0.39, 0.29) is 5.75 Å². The van der Waals surface area contributed by atoms with E-state index in [0.717, 1.165) is 19.4 Å².